The SMILES string of the molecule is N#Cc1cc(-c2cccc(-c3cc4c(c5ccccc35)c3c5ccccc5c(-c5cccc(-c6ccnc(C#N)c6)n5)cc3n4-c3ccccc3)n2)ccn1. The molecule has 0 fully saturated rings. The number of aromatic nitrogens is 5. The molecule has 55 heavy (non-hydrogen) atoms. The Labute approximate surface area is 315 Å². The molecule has 0 aliphatic rings. The second-order valence-corrected chi connectivity index (χ2v) is 13.3. The van der Waals surface area contributed by atoms with E-state index in [1.807, 2.05) is 54.6 Å². The summed E-state index contributed by atoms with van der Waals surface area (Å²) in [5.41, 5.74) is 10.7. The van der Waals surface area contributed by atoms with E-state index in [9.17, 15) is 10.5 Å². The maximum Gasteiger partial charge on any atom is 0.141 e. The van der Waals surface area contributed by atoms with Crippen LogP contribution in [0.25, 0.3) is 94.1 Å². The number of nitrogens with zero attached hydrogens (tertiary/aromatic N) is 7. The third-order valence-corrected chi connectivity index (χ3v) is 10.2. The Balaban J connectivity index is 1.29. The molecule has 10 aromatic rings. The van der Waals surface area contributed by atoms with E-state index in [0.717, 1.165) is 94.1 Å². The number of hydrogen-bond acceptors (Lipinski definition) is 6. The van der Waals surface area contributed by atoms with Crippen molar-refractivity contribution in [3.8, 4) is 62.9 Å². The first-order valence-electron chi connectivity index (χ1n) is 17.8. The maximum absolute atomic E-state index is 9.51. The van der Waals surface area contributed by atoms with E-state index in [-0.39, 0.29) is 0 Å². The van der Waals surface area contributed by atoms with E-state index < -0.39 is 0 Å². The zero-order valence-electron chi connectivity index (χ0n) is 29.2. The molecule has 5 aromatic carbocycles. The van der Waals surface area contributed by atoms with Gasteiger partial charge in [-0.05, 0) is 94.3 Å². The number of rotatable bonds is 5. The minimum atomic E-state index is 0.350. The molecule has 0 bridgehead atoms. The van der Waals surface area contributed by atoms with Crippen LogP contribution in [-0.4, -0.2) is 24.5 Å². The van der Waals surface area contributed by atoms with Crippen LogP contribution < -0.4 is 0 Å². The topological polar surface area (TPSA) is 104 Å². The first-order chi connectivity index (χ1) is 27.2. The lowest BCUT2D eigenvalue weighted by Gasteiger charge is -2.13. The molecule has 7 heteroatoms. The summed E-state index contributed by atoms with van der Waals surface area (Å²) in [4.78, 5) is 18.7. The van der Waals surface area contributed by atoms with Crippen LogP contribution >= 0.6 is 0 Å². The van der Waals surface area contributed by atoms with Crippen molar-refractivity contribution in [1.29, 1.82) is 10.5 Å². The van der Waals surface area contributed by atoms with E-state index >= 15 is 0 Å². The molecule has 0 aliphatic carbocycles. The fourth-order valence-corrected chi connectivity index (χ4v) is 7.80. The predicted molar refractivity (Wildman–Crippen MR) is 218 cm³/mol. The molecule has 254 valence electrons. The van der Waals surface area contributed by atoms with Gasteiger partial charge in [0.15, 0.2) is 0 Å². The third-order valence-electron chi connectivity index (χ3n) is 10.2. The van der Waals surface area contributed by atoms with Gasteiger partial charge in [0, 0.05) is 51.1 Å². The Hall–Kier alpha value is -8.00. The van der Waals surface area contributed by atoms with Gasteiger partial charge in [0.05, 0.1) is 33.8 Å². The minimum Gasteiger partial charge on any atom is -0.309 e. The third kappa shape index (κ3) is 5.27. The monoisotopic (exact) mass is 701 g/mol. The highest BCUT2D eigenvalue weighted by molar-refractivity contribution is 6.31. The highest BCUT2D eigenvalue weighted by atomic mass is 15.0. The summed E-state index contributed by atoms with van der Waals surface area (Å²) in [5, 5.41) is 25.8. The van der Waals surface area contributed by atoms with E-state index in [2.05, 4.69) is 112 Å². The number of benzene rings is 5. The number of hydrogen-bond donors (Lipinski definition) is 0. The number of nitriles is 2. The predicted octanol–water partition coefficient (Wildman–Crippen LogP) is 11.1. The molecule has 0 saturated carbocycles. The largest absolute Gasteiger partial charge is 0.309 e. The summed E-state index contributed by atoms with van der Waals surface area (Å²) in [6, 6.07) is 55.8. The van der Waals surface area contributed by atoms with Gasteiger partial charge in [-0.15, -0.1) is 0 Å². The molecule has 0 spiro atoms. The standard InChI is InChI=1S/C48H27N7/c49-28-32-24-30(20-22-51-32)41-16-8-18-43(53-41)39-26-45-47(37-14-6-4-12-35(37)39)48-38-15-7-5-13-36(38)40(27-46(48)55(45)34-10-2-1-3-11-34)44-19-9-17-42(54-44)31-21-23-52-33(25-31)29-50/h1-27H. The molecule has 0 saturated heterocycles. The van der Waals surface area contributed by atoms with Crippen LogP contribution in [-0.2, 0) is 0 Å². The van der Waals surface area contributed by atoms with Crippen LogP contribution in [0.2, 0.25) is 0 Å². The van der Waals surface area contributed by atoms with Gasteiger partial charge in [0.1, 0.15) is 23.5 Å². The lowest BCUT2D eigenvalue weighted by molar-refractivity contribution is 1.18. The van der Waals surface area contributed by atoms with Crippen molar-refractivity contribution in [2.24, 2.45) is 0 Å². The van der Waals surface area contributed by atoms with Crippen LogP contribution in [0.1, 0.15) is 11.4 Å². The summed E-state index contributed by atoms with van der Waals surface area (Å²) in [6.07, 6.45) is 3.30. The smallest absolute Gasteiger partial charge is 0.141 e. The summed E-state index contributed by atoms with van der Waals surface area (Å²) >= 11 is 0. The van der Waals surface area contributed by atoms with Gasteiger partial charge in [-0.2, -0.15) is 10.5 Å². The molecule has 10 rings (SSSR count). The van der Waals surface area contributed by atoms with Gasteiger partial charge in [0.2, 0.25) is 0 Å². The summed E-state index contributed by atoms with van der Waals surface area (Å²) in [7, 11) is 0. The van der Waals surface area contributed by atoms with Gasteiger partial charge in [0.25, 0.3) is 0 Å². The van der Waals surface area contributed by atoms with Gasteiger partial charge in [-0.3, -0.25) is 0 Å². The lowest BCUT2D eigenvalue weighted by atomic mass is 9.93. The summed E-state index contributed by atoms with van der Waals surface area (Å²) in [5.74, 6) is 0. The van der Waals surface area contributed by atoms with Crippen molar-refractivity contribution in [2.75, 3.05) is 0 Å². The number of fused-ring (bicyclic) bond motifs is 7. The van der Waals surface area contributed by atoms with Gasteiger partial charge in [-0.25, -0.2) is 19.9 Å². The molecule has 0 atom stereocenters. The molecule has 5 aromatic heterocycles. The first-order valence-corrected chi connectivity index (χ1v) is 17.8. The van der Waals surface area contributed by atoms with Crippen LogP contribution in [0, 0.1) is 22.7 Å². The quantitative estimate of drug-likeness (QED) is 0.177. The normalized spacial score (nSPS) is 11.2. The highest BCUT2D eigenvalue weighted by Gasteiger charge is 2.22. The highest BCUT2D eigenvalue weighted by Crippen LogP contribution is 2.46. The number of pyridine rings is 4. The zero-order valence-corrected chi connectivity index (χ0v) is 29.2. The van der Waals surface area contributed by atoms with Crippen molar-refractivity contribution in [3.05, 3.63) is 175 Å². The van der Waals surface area contributed by atoms with Crippen LogP contribution in [0.3, 0.4) is 0 Å². The Morgan fingerprint density at radius 1 is 0.418 bits per heavy atom. The lowest BCUT2D eigenvalue weighted by Crippen LogP contribution is -1.96. The van der Waals surface area contributed by atoms with E-state index in [4.69, 9.17) is 9.97 Å². The van der Waals surface area contributed by atoms with Crippen LogP contribution in [0.5, 0.6) is 0 Å². The summed E-state index contributed by atoms with van der Waals surface area (Å²) < 4.78 is 2.36. The Kier molecular flexibility index (Phi) is 7.43. The Morgan fingerprint density at radius 3 is 1.33 bits per heavy atom. The van der Waals surface area contributed by atoms with E-state index in [1.165, 1.54) is 0 Å². The molecular weight excluding hydrogens is 675 g/mol. The van der Waals surface area contributed by atoms with Gasteiger partial charge >= 0.3 is 0 Å². The Bertz CT molecular complexity index is 3040. The second kappa shape index (κ2) is 12.9. The van der Waals surface area contributed by atoms with Crippen molar-refractivity contribution < 1.29 is 0 Å². The van der Waals surface area contributed by atoms with Crippen LogP contribution in [0.4, 0.5) is 0 Å². The molecule has 0 amide bonds. The maximum atomic E-state index is 9.51. The molecule has 0 unspecified atom stereocenters. The van der Waals surface area contributed by atoms with Crippen LogP contribution in [0.15, 0.2) is 164 Å². The molecule has 0 aliphatic heterocycles. The average Bonchev–Trinajstić information content (AvgIpc) is 3.61. The van der Waals surface area contributed by atoms with E-state index in [1.54, 1.807) is 24.5 Å². The van der Waals surface area contributed by atoms with Crippen molar-refractivity contribution in [1.82, 2.24) is 24.5 Å². The fraction of sp³-hybridized carbons (Fsp3) is 0. The zero-order chi connectivity index (χ0) is 36.9. The van der Waals surface area contributed by atoms with Gasteiger partial charge < -0.3 is 4.57 Å². The molecule has 0 N–H and O–H groups in total. The second-order valence-electron chi connectivity index (χ2n) is 13.3. The van der Waals surface area contributed by atoms with Crippen molar-refractivity contribution in [2.45, 2.75) is 0 Å². The molecule has 7 nitrogen and oxygen atoms in total. The average molecular weight is 702 g/mol. The van der Waals surface area contributed by atoms with E-state index in [0.29, 0.717) is 11.4 Å². The molecule has 5 heterocycles. The number of para-hydroxylation sites is 1. The first kappa shape index (κ1) is 31.7. The van der Waals surface area contributed by atoms with Gasteiger partial charge in [-0.1, -0.05) is 78.9 Å². The fourth-order valence-electron chi connectivity index (χ4n) is 7.80. The minimum absolute atomic E-state index is 0.350. The van der Waals surface area contributed by atoms with Crippen molar-refractivity contribution in [3.63, 3.8) is 0 Å². The Morgan fingerprint density at radius 2 is 0.855 bits per heavy atom. The summed E-state index contributed by atoms with van der Waals surface area (Å²) in [6.45, 7) is 0. The van der Waals surface area contributed by atoms with Crippen molar-refractivity contribution >= 4 is 43.4 Å². The molecular formula is C48H27N7. The molecule has 0 radical (unpaired) electrons.